The third kappa shape index (κ3) is 1.33. The number of nitrogens with two attached hydrogens (primary N) is 1. The van der Waals surface area contributed by atoms with Crippen LogP contribution in [-0.2, 0) is 5.54 Å². The van der Waals surface area contributed by atoms with E-state index in [0.717, 1.165) is 18.4 Å². The van der Waals surface area contributed by atoms with E-state index < -0.39 is 0 Å². The van der Waals surface area contributed by atoms with Gasteiger partial charge in [0.25, 0.3) is 0 Å². The molecule has 4 heteroatoms. The quantitative estimate of drug-likeness (QED) is 0.790. The first-order valence-corrected chi connectivity index (χ1v) is 4.81. The van der Waals surface area contributed by atoms with Gasteiger partial charge in [0.05, 0.1) is 12.1 Å². The lowest BCUT2D eigenvalue weighted by atomic mass is 10.0. The molecule has 1 aliphatic rings. The summed E-state index contributed by atoms with van der Waals surface area (Å²) in [6, 6.07) is 3.45. The molecule has 1 fully saturated rings. The van der Waals surface area contributed by atoms with Crippen molar-refractivity contribution in [2.45, 2.75) is 18.4 Å². The monoisotopic (exact) mass is 213 g/mol. The number of phenolic OH excluding ortho intramolecular Hbond substituents is 1. The maximum Gasteiger partial charge on any atom is 0.179 e. The summed E-state index contributed by atoms with van der Waals surface area (Å²) >= 11 is 5.85. The number of hydrogen-bond donors (Lipinski definition) is 2. The smallest absolute Gasteiger partial charge is 0.179 e. The van der Waals surface area contributed by atoms with Crippen LogP contribution in [0.1, 0.15) is 18.4 Å². The first-order valence-electron chi connectivity index (χ1n) is 4.43. The van der Waals surface area contributed by atoms with Crippen LogP contribution in [0.15, 0.2) is 12.1 Å². The highest BCUT2D eigenvalue weighted by Gasteiger charge is 2.42. The largest absolute Gasteiger partial charge is 0.504 e. The first kappa shape index (κ1) is 9.62. The molecule has 14 heavy (non-hydrogen) atoms. The van der Waals surface area contributed by atoms with Gasteiger partial charge in [0.1, 0.15) is 0 Å². The van der Waals surface area contributed by atoms with Crippen molar-refractivity contribution >= 4 is 11.6 Å². The predicted molar refractivity (Wildman–Crippen MR) is 54.8 cm³/mol. The summed E-state index contributed by atoms with van der Waals surface area (Å²) in [7, 11) is 1.47. The van der Waals surface area contributed by atoms with E-state index in [1.54, 1.807) is 12.1 Å². The topological polar surface area (TPSA) is 55.5 Å². The van der Waals surface area contributed by atoms with Gasteiger partial charge in [0, 0.05) is 11.1 Å². The van der Waals surface area contributed by atoms with Crippen LogP contribution in [0, 0.1) is 0 Å². The average Bonchev–Trinajstić information content (AvgIpc) is 2.85. The van der Waals surface area contributed by atoms with Gasteiger partial charge in [-0.05, 0) is 18.9 Å². The maximum atomic E-state index is 9.86. The molecule has 1 saturated carbocycles. The molecule has 76 valence electrons. The first-order chi connectivity index (χ1) is 6.58. The SMILES string of the molecule is COc1c(Cl)ccc(C2(N)CC2)c1O. The highest BCUT2D eigenvalue weighted by Crippen LogP contribution is 2.50. The standard InChI is InChI=1S/C10H12ClNO2/c1-14-9-7(11)3-2-6(8(9)13)10(12)4-5-10/h2-3,13H,4-5,12H2,1H3. The van der Waals surface area contributed by atoms with Crippen LogP contribution in [0.4, 0.5) is 0 Å². The van der Waals surface area contributed by atoms with E-state index in [1.807, 2.05) is 0 Å². The summed E-state index contributed by atoms with van der Waals surface area (Å²) in [4.78, 5) is 0. The number of halogens is 1. The minimum absolute atomic E-state index is 0.0694. The molecule has 1 aromatic carbocycles. The van der Waals surface area contributed by atoms with Gasteiger partial charge in [0.2, 0.25) is 0 Å². The Labute approximate surface area is 87.4 Å². The van der Waals surface area contributed by atoms with Crippen molar-refractivity contribution in [2.75, 3.05) is 7.11 Å². The summed E-state index contributed by atoms with van der Waals surface area (Å²) in [6.45, 7) is 0. The molecule has 0 radical (unpaired) electrons. The van der Waals surface area contributed by atoms with Crippen LogP contribution < -0.4 is 10.5 Å². The number of rotatable bonds is 2. The Morgan fingerprint density at radius 2 is 2.14 bits per heavy atom. The molecule has 0 heterocycles. The van der Waals surface area contributed by atoms with Gasteiger partial charge in [-0.25, -0.2) is 0 Å². The van der Waals surface area contributed by atoms with Gasteiger partial charge in [-0.15, -0.1) is 0 Å². The number of methoxy groups -OCH3 is 1. The highest BCUT2D eigenvalue weighted by atomic mass is 35.5. The number of benzene rings is 1. The minimum atomic E-state index is -0.373. The van der Waals surface area contributed by atoms with E-state index in [-0.39, 0.29) is 11.3 Å². The molecule has 0 unspecified atom stereocenters. The second-order valence-electron chi connectivity index (χ2n) is 3.63. The Bertz CT molecular complexity index is 375. The molecule has 0 atom stereocenters. The minimum Gasteiger partial charge on any atom is -0.504 e. The van der Waals surface area contributed by atoms with Crippen LogP contribution in [-0.4, -0.2) is 12.2 Å². The van der Waals surface area contributed by atoms with Crippen molar-refractivity contribution in [2.24, 2.45) is 5.73 Å². The van der Waals surface area contributed by atoms with Gasteiger partial charge >= 0.3 is 0 Å². The zero-order chi connectivity index (χ0) is 10.3. The second-order valence-corrected chi connectivity index (χ2v) is 4.04. The lowest BCUT2D eigenvalue weighted by Gasteiger charge is -2.14. The van der Waals surface area contributed by atoms with E-state index in [2.05, 4.69) is 0 Å². The third-order valence-corrected chi connectivity index (χ3v) is 2.91. The summed E-state index contributed by atoms with van der Waals surface area (Å²) in [5.41, 5.74) is 6.33. The molecule has 0 bridgehead atoms. The van der Waals surface area contributed by atoms with Crippen molar-refractivity contribution in [3.05, 3.63) is 22.7 Å². The van der Waals surface area contributed by atoms with Crippen molar-refractivity contribution in [3.63, 3.8) is 0 Å². The van der Waals surface area contributed by atoms with E-state index in [9.17, 15) is 5.11 Å². The summed E-state index contributed by atoms with van der Waals surface area (Å²) in [6.07, 6.45) is 1.79. The molecule has 0 aromatic heterocycles. The van der Waals surface area contributed by atoms with Gasteiger partial charge in [-0.2, -0.15) is 0 Å². The third-order valence-electron chi connectivity index (χ3n) is 2.61. The summed E-state index contributed by atoms with van der Waals surface area (Å²) < 4.78 is 5.00. The second kappa shape index (κ2) is 3.04. The van der Waals surface area contributed by atoms with E-state index in [4.69, 9.17) is 22.1 Å². The fourth-order valence-corrected chi connectivity index (χ4v) is 1.78. The van der Waals surface area contributed by atoms with Gasteiger partial charge in [0.15, 0.2) is 11.5 Å². The van der Waals surface area contributed by atoms with Crippen molar-refractivity contribution in [1.82, 2.24) is 0 Å². The normalized spacial score (nSPS) is 17.9. The Morgan fingerprint density at radius 1 is 1.50 bits per heavy atom. The maximum absolute atomic E-state index is 9.86. The molecule has 1 aromatic rings. The zero-order valence-corrected chi connectivity index (χ0v) is 8.64. The van der Waals surface area contributed by atoms with Crippen molar-refractivity contribution in [1.29, 1.82) is 0 Å². The number of aromatic hydroxyl groups is 1. The molecular formula is C10H12ClNO2. The predicted octanol–water partition coefficient (Wildman–Crippen LogP) is 2.00. The van der Waals surface area contributed by atoms with E-state index >= 15 is 0 Å². The average molecular weight is 214 g/mol. The summed E-state index contributed by atoms with van der Waals surface area (Å²) in [5.74, 6) is 0.376. The number of hydrogen-bond acceptors (Lipinski definition) is 3. The number of phenols is 1. The Hall–Kier alpha value is -0.930. The summed E-state index contributed by atoms with van der Waals surface area (Å²) in [5, 5.41) is 10.3. The molecule has 2 rings (SSSR count). The fourth-order valence-electron chi connectivity index (χ4n) is 1.55. The van der Waals surface area contributed by atoms with Crippen LogP contribution in [0.2, 0.25) is 5.02 Å². The molecule has 3 N–H and O–H groups in total. The Morgan fingerprint density at radius 3 is 2.64 bits per heavy atom. The highest BCUT2D eigenvalue weighted by molar-refractivity contribution is 6.32. The molecule has 1 aliphatic carbocycles. The van der Waals surface area contributed by atoms with Crippen molar-refractivity contribution < 1.29 is 9.84 Å². The van der Waals surface area contributed by atoms with Crippen LogP contribution in [0.25, 0.3) is 0 Å². The Balaban J connectivity index is 2.53. The van der Waals surface area contributed by atoms with Crippen LogP contribution >= 0.6 is 11.6 Å². The van der Waals surface area contributed by atoms with Crippen molar-refractivity contribution in [3.8, 4) is 11.5 Å². The number of ether oxygens (including phenoxy) is 1. The van der Waals surface area contributed by atoms with Gasteiger partial charge in [-0.1, -0.05) is 17.7 Å². The fraction of sp³-hybridized carbons (Fsp3) is 0.400. The van der Waals surface area contributed by atoms with Crippen LogP contribution in [0.3, 0.4) is 0 Å². The molecule has 0 saturated heterocycles. The Kier molecular flexibility index (Phi) is 2.09. The molecule has 0 aliphatic heterocycles. The lowest BCUT2D eigenvalue weighted by Crippen LogP contribution is -2.18. The van der Waals surface area contributed by atoms with Crippen LogP contribution in [0.5, 0.6) is 11.5 Å². The molecule has 3 nitrogen and oxygen atoms in total. The molecule has 0 spiro atoms. The molecule has 0 amide bonds. The zero-order valence-electron chi connectivity index (χ0n) is 7.88. The lowest BCUT2D eigenvalue weighted by molar-refractivity contribution is 0.368. The van der Waals surface area contributed by atoms with Gasteiger partial charge in [-0.3, -0.25) is 0 Å². The van der Waals surface area contributed by atoms with Gasteiger partial charge < -0.3 is 15.6 Å². The molecular weight excluding hydrogens is 202 g/mol. The van der Waals surface area contributed by atoms with E-state index in [0.29, 0.717) is 10.8 Å². The van der Waals surface area contributed by atoms with E-state index in [1.165, 1.54) is 7.11 Å².